The molecule has 3 N–H and O–H groups in total. The SMILES string of the molecule is Cc1ccc(-c2[nH]nc3c2C(c2ccc(N4CCOCC4)c([N+](=O)[O-])c2)C(C#N)=C(N)O3)cc1. The van der Waals surface area contributed by atoms with Gasteiger partial charge in [-0.15, -0.1) is 5.10 Å². The number of allylic oxidation sites excluding steroid dienone is 1. The van der Waals surface area contributed by atoms with Gasteiger partial charge in [-0.25, -0.2) is 0 Å². The number of aromatic nitrogens is 2. The quantitative estimate of drug-likeness (QED) is 0.447. The lowest BCUT2D eigenvalue weighted by atomic mass is 9.82. The van der Waals surface area contributed by atoms with Crippen LogP contribution in [-0.2, 0) is 4.74 Å². The highest BCUT2D eigenvalue weighted by Gasteiger charge is 2.37. The zero-order chi connectivity index (χ0) is 23.8. The molecule has 0 spiro atoms. The molecule has 1 saturated heterocycles. The Balaban J connectivity index is 1.67. The van der Waals surface area contributed by atoms with Gasteiger partial charge in [-0.05, 0) is 18.6 Å². The highest BCUT2D eigenvalue weighted by Crippen LogP contribution is 2.47. The average Bonchev–Trinajstić information content (AvgIpc) is 3.27. The Morgan fingerprint density at radius 1 is 1.24 bits per heavy atom. The second-order valence-electron chi connectivity index (χ2n) is 8.21. The van der Waals surface area contributed by atoms with E-state index < -0.39 is 10.8 Å². The van der Waals surface area contributed by atoms with Crippen molar-refractivity contribution in [1.82, 2.24) is 10.2 Å². The standard InChI is InChI=1S/C24H22N6O4/c1-14-2-4-15(5-3-14)22-21-20(17(13-25)23(26)34-24(21)28-27-22)16-6-7-18(19(12-16)30(31)32)29-8-10-33-11-9-29/h2-7,12,20H,8-11,26H2,1H3,(H,27,28). The monoisotopic (exact) mass is 458 g/mol. The summed E-state index contributed by atoms with van der Waals surface area (Å²) in [5.41, 5.74) is 10.5. The topological polar surface area (TPSA) is 143 Å². The second kappa shape index (κ2) is 8.53. The number of hydrogen-bond acceptors (Lipinski definition) is 8. The van der Waals surface area contributed by atoms with Crippen LogP contribution in [0.4, 0.5) is 11.4 Å². The highest BCUT2D eigenvalue weighted by atomic mass is 16.6. The number of nitrogens with one attached hydrogen (secondary N) is 1. The zero-order valence-corrected chi connectivity index (χ0v) is 18.4. The Morgan fingerprint density at radius 2 is 1.97 bits per heavy atom. The summed E-state index contributed by atoms with van der Waals surface area (Å²) < 4.78 is 11.0. The van der Waals surface area contributed by atoms with Gasteiger partial charge < -0.3 is 20.1 Å². The van der Waals surface area contributed by atoms with Crippen LogP contribution in [0.15, 0.2) is 53.9 Å². The molecule has 0 aliphatic carbocycles. The van der Waals surface area contributed by atoms with E-state index in [4.69, 9.17) is 15.2 Å². The molecule has 2 aromatic carbocycles. The number of hydrogen-bond donors (Lipinski definition) is 2. The maximum atomic E-state index is 12.0. The van der Waals surface area contributed by atoms with Crippen LogP contribution in [0.25, 0.3) is 11.3 Å². The fourth-order valence-corrected chi connectivity index (χ4v) is 4.46. The van der Waals surface area contributed by atoms with E-state index in [0.29, 0.717) is 48.8 Å². The first-order chi connectivity index (χ1) is 16.5. The predicted octanol–water partition coefficient (Wildman–Crippen LogP) is 3.35. The Bertz CT molecular complexity index is 1330. The van der Waals surface area contributed by atoms with Crippen molar-refractivity contribution in [3.63, 3.8) is 0 Å². The molecular formula is C24H22N6O4. The highest BCUT2D eigenvalue weighted by molar-refractivity contribution is 5.73. The molecule has 3 heterocycles. The molecular weight excluding hydrogens is 436 g/mol. The number of rotatable bonds is 4. The van der Waals surface area contributed by atoms with Crippen LogP contribution in [0.5, 0.6) is 5.88 Å². The third-order valence-electron chi connectivity index (χ3n) is 6.16. The Labute approximate surface area is 195 Å². The van der Waals surface area contributed by atoms with Crippen molar-refractivity contribution in [2.24, 2.45) is 5.73 Å². The van der Waals surface area contributed by atoms with Crippen molar-refractivity contribution in [1.29, 1.82) is 5.26 Å². The second-order valence-corrected chi connectivity index (χ2v) is 8.21. The fourth-order valence-electron chi connectivity index (χ4n) is 4.46. The third-order valence-corrected chi connectivity index (χ3v) is 6.16. The van der Waals surface area contributed by atoms with E-state index in [1.807, 2.05) is 36.1 Å². The first-order valence-corrected chi connectivity index (χ1v) is 10.8. The van der Waals surface area contributed by atoms with Crippen molar-refractivity contribution >= 4 is 11.4 Å². The zero-order valence-electron chi connectivity index (χ0n) is 18.4. The Hall–Kier alpha value is -4.36. The van der Waals surface area contributed by atoms with Crippen molar-refractivity contribution in [2.45, 2.75) is 12.8 Å². The summed E-state index contributed by atoms with van der Waals surface area (Å²) in [6, 6.07) is 15.0. The van der Waals surface area contributed by atoms with E-state index in [1.165, 1.54) is 6.07 Å². The first kappa shape index (κ1) is 21.5. The lowest BCUT2D eigenvalue weighted by molar-refractivity contribution is -0.384. The lowest BCUT2D eigenvalue weighted by Gasteiger charge is -2.29. The van der Waals surface area contributed by atoms with E-state index in [1.54, 1.807) is 12.1 Å². The van der Waals surface area contributed by atoms with Crippen molar-refractivity contribution in [3.05, 3.63) is 80.7 Å². The maximum Gasteiger partial charge on any atom is 0.292 e. The van der Waals surface area contributed by atoms with Gasteiger partial charge in [0.2, 0.25) is 11.8 Å². The Kier molecular flexibility index (Phi) is 5.39. The minimum Gasteiger partial charge on any atom is -0.420 e. The van der Waals surface area contributed by atoms with Crippen molar-refractivity contribution < 1.29 is 14.4 Å². The van der Waals surface area contributed by atoms with Gasteiger partial charge in [0, 0.05) is 24.7 Å². The summed E-state index contributed by atoms with van der Waals surface area (Å²) in [5.74, 6) is -0.500. The number of nitriles is 1. The number of aromatic amines is 1. The van der Waals surface area contributed by atoms with Gasteiger partial charge in [0.25, 0.3) is 5.69 Å². The molecule has 0 saturated carbocycles. The number of nitrogens with zero attached hydrogens (tertiary/aromatic N) is 4. The predicted molar refractivity (Wildman–Crippen MR) is 124 cm³/mol. The number of benzene rings is 2. The molecule has 1 fully saturated rings. The number of ether oxygens (including phenoxy) is 2. The molecule has 1 aromatic heterocycles. The molecule has 172 valence electrons. The van der Waals surface area contributed by atoms with Crippen molar-refractivity contribution in [2.75, 3.05) is 31.2 Å². The number of nitro groups is 1. The normalized spacial score (nSPS) is 17.6. The van der Waals surface area contributed by atoms with E-state index >= 15 is 0 Å². The van der Waals surface area contributed by atoms with Gasteiger partial charge in [-0.3, -0.25) is 15.2 Å². The van der Waals surface area contributed by atoms with Gasteiger partial charge in [0.15, 0.2) is 0 Å². The third kappa shape index (κ3) is 3.62. The average molecular weight is 458 g/mol. The van der Waals surface area contributed by atoms with Crippen LogP contribution in [0.3, 0.4) is 0 Å². The van der Waals surface area contributed by atoms with Gasteiger partial charge in [0.05, 0.1) is 35.3 Å². The lowest BCUT2D eigenvalue weighted by Crippen LogP contribution is -2.36. The number of morpholine rings is 1. The fraction of sp³-hybridized carbons (Fsp3) is 0.250. The summed E-state index contributed by atoms with van der Waals surface area (Å²) in [7, 11) is 0. The molecule has 0 radical (unpaired) electrons. The molecule has 10 heteroatoms. The van der Waals surface area contributed by atoms with Crippen LogP contribution < -0.4 is 15.4 Å². The smallest absolute Gasteiger partial charge is 0.292 e. The van der Waals surface area contributed by atoms with Crippen LogP contribution in [0, 0.1) is 28.4 Å². The van der Waals surface area contributed by atoms with Crippen LogP contribution in [0.2, 0.25) is 0 Å². The minimum atomic E-state index is -0.679. The first-order valence-electron chi connectivity index (χ1n) is 10.8. The molecule has 5 rings (SSSR count). The number of anilines is 1. The molecule has 0 bridgehead atoms. The number of nitrogens with two attached hydrogens (primary N) is 1. The van der Waals surface area contributed by atoms with Crippen LogP contribution in [0.1, 0.15) is 22.6 Å². The summed E-state index contributed by atoms with van der Waals surface area (Å²) in [5, 5.41) is 29.2. The van der Waals surface area contributed by atoms with E-state index in [-0.39, 0.29) is 23.0 Å². The largest absolute Gasteiger partial charge is 0.420 e. The van der Waals surface area contributed by atoms with Gasteiger partial charge >= 0.3 is 0 Å². The summed E-state index contributed by atoms with van der Waals surface area (Å²) in [6.45, 7) is 4.14. The number of nitro benzene ring substituents is 1. The summed E-state index contributed by atoms with van der Waals surface area (Å²) in [6.07, 6.45) is 0. The molecule has 34 heavy (non-hydrogen) atoms. The molecule has 1 atom stereocenters. The molecule has 0 amide bonds. The van der Waals surface area contributed by atoms with E-state index in [2.05, 4.69) is 16.3 Å². The van der Waals surface area contributed by atoms with E-state index in [0.717, 1.165) is 11.1 Å². The number of aryl methyl sites for hydroxylation is 1. The van der Waals surface area contributed by atoms with E-state index in [9.17, 15) is 15.4 Å². The summed E-state index contributed by atoms with van der Waals surface area (Å²) >= 11 is 0. The molecule has 2 aliphatic rings. The Morgan fingerprint density at radius 3 is 2.65 bits per heavy atom. The number of H-pyrrole nitrogens is 1. The van der Waals surface area contributed by atoms with Crippen LogP contribution >= 0.6 is 0 Å². The van der Waals surface area contributed by atoms with Gasteiger partial charge in [0.1, 0.15) is 17.3 Å². The van der Waals surface area contributed by atoms with Crippen LogP contribution in [-0.4, -0.2) is 41.4 Å². The molecule has 2 aliphatic heterocycles. The van der Waals surface area contributed by atoms with Crippen molar-refractivity contribution in [3.8, 4) is 23.2 Å². The molecule has 10 nitrogen and oxygen atoms in total. The maximum absolute atomic E-state index is 12.0. The molecule has 3 aromatic rings. The van der Waals surface area contributed by atoms with Gasteiger partial charge in [-0.2, -0.15) is 5.26 Å². The van der Waals surface area contributed by atoms with Gasteiger partial charge in [-0.1, -0.05) is 35.9 Å². The minimum absolute atomic E-state index is 0.0383. The molecule has 1 unspecified atom stereocenters. The summed E-state index contributed by atoms with van der Waals surface area (Å²) in [4.78, 5) is 13.6. The number of fused-ring (bicyclic) bond motifs is 1.